The number of amides is 3. The van der Waals surface area contributed by atoms with Crippen LogP contribution in [0.5, 0.6) is 5.75 Å². The molecule has 0 aliphatic carbocycles. The second-order valence-corrected chi connectivity index (χ2v) is 7.18. The molecule has 0 fully saturated rings. The molecule has 0 aliphatic rings. The van der Waals surface area contributed by atoms with Crippen molar-refractivity contribution >= 4 is 23.4 Å². The molecule has 7 nitrogen and oxygen atoms in total. The molecular weight excluding hydrogens is 382 g/mol. The zero-order chi connectivity index (χ0) is 21.9. The van der Waals surface area contributed by atoms with Crippen LogP contribution in [0.1, 0.15) is 60.7 Å². The van der Waals surface area contributed by atoms with Crippen LogP contribution in [0.2, 0.25) is 0 Å². The van der Waals surface area contributed by atoms with Crippen molar-refractivity contribution in [2.24, 2.45) is 5.92 Å². The van der Waals surface area contributed by atoms with E-state index in [-0.39, 0.29) is 11.8 Å². The minimum absolute atomic E-state index is 0.102. The molecule has 0 radical (unpaired) electrons. The Kier molecular flexibility index (Phi) is 8.87. The second-order valence-electron chi connectivity index (χ2n) is 7.18. The number of carbonyl (C=O) groups is 3. The molecule has 0 spiro atoms. The van der Waals surface area contributed by atoms with E-state index in [4.69, 9.17) is 4.74 Å². The lowest BCUT2D eigenvalue weighted by atomic mass is 10.1. The Balaban J connectivity index is 1.91. The fourth-order valence-corrected chi connectivity index (χ4v) is 2.56. The first-order valence-corrected chi connectivity index (χ1v) is 10.2. The molecule has 0 aliphatic heterocycles. The van der Waals surface area contributed by atoms with Crippen molar-refractivity contribution in [1.82, 2.24) is 10.9 Å². The fourth-order valence-electron chi connectivity index (χ4n) is 2.56. The lowest BCUT2D eigenvalue weighted by Gasteiger charge is -2.12. The van der Waals surface area contributed by atoms with E-state index in [9.17, 15) is 14.4 Å². The number of ether oxygens (including phenoxy) is 1. The van der Waals surface area contributed by atoms with Crippen molar-refractivity contribution in [2.45, 2.75) is 40.0 Å². The van der Waals surface area contributed by atoms with Gasteiger partial charge in [0.05, 0.1) is 12.2 Å². The minimum Gasteiger partial charge on any atom is -0.493 e. The third-order valence-electron chi connectivity index (χ3n) is 4.37. The molecule has 2 aromatic rings. The Bertz CT molecular complexity index is 863. The molecule has 0 unspecified atom stereocenters. The molecule has 0 bridgehead atoms. The molecule has 3 amide bonds. The van der Waals surface area contributed by atoms with Crippen LogP contribution >= 0.6 is 0 Å². The van der Waals surface area contributed by atoms with Gasteiger partial charge in [-0.15, -0.1) is 0 Å². The first kappa shape index (κ1) is 22.9. The third-order valence-corrected chi connectivity index (χ3v) is 4.37. The Morgan fingerprint density at radius 1 is 0.900 bits per heavy atom. The molecule has 0 aromatic heterocycles. The number of rotatable bonds is 9. The Morgan fingerprint density at radius 3 is 2.23 bits per heavy atom. The van der Waals surface area contributed by atoms with Gasteiger partial charge >= 0.3 is 0 Å². The van der Waals surface area contributed by atoms with Gasteiger partial charge in [0.2, 0.25) is 5.91 Å². The number of nitrogens with one attached hydrogen (secondary N) is 3. The van der Waals surface area contributed by atoms with Crippen LogP contribution in [0.15, 0.2) is 48.5 Å². The molecule has 0 atom stereocenters. The Hall–Kier alpha value is -3.35. The summed E-state index contributed by atoms with van der Waals surface area (Å²) in [5.74, 6) is -0.691. The summed E-state index contributed by atoms with van der Waals surface area (Å²) in [6.45, 7) is 6.24. The molecule has 0 saturated heterocycles. The van der Waals surface area contributed by atoms with Gasteiger partial charge in [-0.2, -0.15) is 0 Å². The van der Waals surface area contributed by atoms with Gasteiger partial charge in [-0.25, -0.2) is 0 Å². The molecule has 0 saturated carbocycles. The van der Waals surface area contributed by atoms with Crippen molar-refractivity contribution in [3.63, 3.8) is 0 Å². The summed E-state index contributed by atoms with van der Waals surface area (Å²) in [4.78, 5) is 36.5. The maximum atomic E-state index is 12.5. The van der Waals surface area contributed by atoms with Gasteiger partial charge in [0, 0.05) is 17.2 Å². The van der Waals surface area contributed by atoms with Crippen LogP contribution in [0.3, 0.4) is 0 Å². The highest BCUT2D eigenvalue weighted by Gasteiger charge is 2.14. The standard InChI is InChI=1S/C23H29N3O4/c1-4-5-8-15-30-20-10-7-6-9-19(20)23(29)26-25-22(28)17-11-13-18(14-12-17)24-21(27)16(2)3/h6-7,9-14,16H,4-5,8,15H2,1-3H3,(H,24,27)(H,25,28)(H,26,29). The number of anilines is 1. The van der Waals surface area contributed by atoms with Crippen molar-refractivity contribution in [2.75, 3.05) is 11.9 Å². The molecular formula is C23H29N3O4. The van der Waals surface area contributed by atoms with Crippen molar-refractivity contribution in [3.05, 3.63) is 59.7 Å². The van der Waals surface area contributed by atoms with E-state index in [0.717, 1.165) is 19.3 Å². The SMILES string of the molecule is CCCCCOc1ccccc1C(=O)NNC(=O)c1ccc(NC(=O)C(C)C)cc1. The van der Waals surface area contributed by atoms with E-state index in [2.05, 4.69) is 23.1 Å². The summed E-state index contributed by atoms with van der Waals surface area (Å²) in [6.07, 6.45) is 3.06. The number of hydrogen-bond donors (Lipinski definition) is 3. The highest BCUT2D eigenvalue weighted by Crippen LogP contribution is 2.18. The third kappa shape index (κ3) is 6.92. The summed E-state index contributed by atoms with van der Waals surface area (Å²) in [5, 5.41) is 2.76. The first-order chi connectivity index (χ1) is 14.4. The average Bonchev–Trinajstić information content (AvgIpc) is 2.75. The Morgan fingerprint density at radius 2 is 1.57 bits per heavy atom. The monoisotopic (exact) mass is 411 g/mol. The number of unbranched alkanes of at least 4 members (excludes halogenated alkanes) is 2. The summed E-state index contributed by atoms with van der Waals surface area (Å²) in [5.41, 5.74) is 6.11. The van der Waals surface area contributed by atoms with Gasteiger partial charge in [0.1, 0.15) is 5.75 Å². The molecule has 2 aromatic carbocycles. The highest BCUT2D eigenvalue weighted by atomic mass is 16.5. The lowest BCUT2D eigenvalue weighted by Crippen LogP contribution is -2.41. The van der Waals surface area contributed by atoms with Crippen molar-refractivity contribution < 1.29 is 19.1 Å². The molecule has 2 rings (SSSR count). The Labute approximate surface area is 177 Å². The topological polar surface area (TPSA) is 96.5 Å². The predicted octanol–water partition coefficient (Wildman–Crippen LogP) is 3.92. The quantitative estimate of drug-likeness (QED) is 0.430. The predicted molar refractivity (Wildman–Crippen MR) is 116 cm³/mol. The van der Waals surface area contributed by atoms with Crippen LogP contribution in [0.25, 0.3) is 0 Å². The van der Waals surface area contributed by atoms with Crippen LogP contribution in [-0.4, -0.2) is 24.3 Å². The van der Waals surface area contributed by atoms with Gasteiger partial charge in [0.15, 0.2) is 0 Å². The lowest BCUT2D eigenvalue weighted by molar-refractivity contribution is -0.118. The van der Waals surface area contributed by atoms with Crippen LogP contribution in [0, 0.1) is 5.92 Å². The summed E-state index contributed by atoms with van der Waals surface area (Å²) in [6, 6.07) is 13.3. The number of hydrazine groups is 1. The minimum atomic E-state index is -0.466. The van der Waals surface area contributed by atoms with E-state index < -0.39 is 11.8 Å². The molecule has 3 N–H and O–H groups in total. The van der Waals surface area contributed by atoms with Crippen molar-refractivity contribution in [1.29, 1.82) is 0 Å². The molecule has 7 heteroatoms. The van der Waals surface area contributed by atoms with E-state index >= 15 is 0 Å². The maximum Gasteiger partial charge on any atom is 0.273 e. The van der Waals surface area contributed by atoms with Crippen LogP contribution in [0.4, 0.5) is 5.69 Å². The maximum absolute atomic E-state index is 12.5. The van der Waals surface area contributed by atoms with Gasteiger partial charge < -0.3 is 10.1 Å². The van der Waals surface area contributed by atoms with Gasteiger partial charge in [-0.1, -0.05) is 45.7 Å². The van der Waals surface area contributed by atoms with E-state index in [1.165, 1.54) is 0 Å². The van der Waals surface area contributed by atoms with Crippen LogP contribution in [-0.2, 0) is 4.79 Å². The summed E-state index contributed by atoms with van der Waals surface area (Å²) >= 11 is 0. The largest absolute Gasteiger partial charge is 0.493 e. The normalized spacial score (nSPS) is 10.4. The second kappa shape index (κ2) is 11.6. The number of benzene rings is 2. The van der Waals surface area contributed by atoms with Crippen molar-refractivity contribution in [3.8, 4) is 5.75 Å². The average molecular weight is 412 g/mol. The van der Waals surface area contributed by atoms with E-state index in [1.807, 2.05) is 0 Å². The van der Waals surface area contributed by atoms with E-state index in [0.29, 0.717) is 29.2 Å². The molecule has 0 heterocycles. The summed E-state index contributed by atoms with van der Waals surface area (Å²) in [7, 11) is 0. The van der Waals surface area contributed by atoms with Crippen LogP contribution < -0.4 is 20.9 Å². The molecule has 30 heavy (non-hydrogen) atoms. The highest BCUT2D eigenvalue weighted by molar-refractivity contribution is 6.00. The fraction of sp³-hybridized carbons (Fsp3) is 0.348. The zero-order valence-corrected chi connectivity index (χ0v) is 17.7. The number of hydrogen-bond acceptors (Lipinski definition) is 4. The number of para-hydroxylation sites is 1. The van der Waals surface area contributed by atoms with E-state index in [1.54, 1.807) is 62.4 Å². The smallest absolute Gasteiger partial charge is 0.273 e. The number of carbonyl (C=O) groups excluding carboxylic acids is 3. The van der Waals surface area contributed by atoms with Gasteiger partial charge in [-0.3, -0.25) is 25.2 Å². The zero-order valence-electron chi connectivity index (χ0n) is 17.7. The van der Waals surface area contributed by atoms with Gasteiger partial charge in [0.25, 0.3) is 11.8 Å². The first-order valence-electron chi connectivity index (χ1n) is 10.2. The summed E-state index contributed by atoms with van der Waals surface area (Å²) < 4.78 is 5.71. The van der Waals surface area contributed by atoms with Gasteiger partial charge in [-0.05, 0) is 42.8 Å². The molecule has 160 valence electrons.